The number of benzene rings is 2. The van der Waals surface area contributed by atoms with Crippen LogP contribution in [0.2, 0.25) is 0 Å². The van der Waals surface area contributed by atoms with E-state index in [0.29, 0.717) is 13.0 Å². The third-order valence-electron chi connectivity index (χ3n) is 6.07. The maximum absolute atomic E-state index is 13.1. The van der Waals surface area contributed by atoms with Gasteiger partial charge in [0, 0.05) is 18.3 Å². The molecule has 2 atom stereocenters. The molecule has 2 heterocycles. The Hall–Kier alpha value is -2.25. The van der Waals surface area contributed by atoms with E-state index in [1.165, 1.54) is 12.1 Å². The van der Waals surface area contributed by atoms with Crippen molar-refractivity contribution in [3.63, 3.8) is 0 Å². The molecule has 4 rings (SSSR count). The Balaban J connectivity index is 1.59. The number of rotatable bonds is 4. The average Bonchev–Trinajstić information content (AvgIpc) is 2.98. The topological polar surface area (TPSA) is 57.7 Å². The SMILES string of the molecule is Cc1ccc(N2C(=O)CN(CCc3ccc(F)cc3)[C@H]3CS(=O)(=O)C[C@H]32)cc1C. The highest BCUT2D eigenvalue weighted by Crippen LogP contribution is 2.32. The fourth-order valence-electron chi connectivity index (χ4n) is 4.34. The van der Waals surface area contributed by atoms with Gasteiger partial charge in [-0.05, 0) is 61.2 Å². The number of hydrogen-bond donors (Lipinski definition) is 0. The van der Waals surface area contributed by atoms with E-state index >= 15 is 0 Å². The molecule has 0 radical (unpaired) electrons. The second-order valence-corrected chi connectivity index (χ2v) is 10.2. The van der Waals surface area contributed by atoms with E-state index in [2.05, 4.69) is 0 Å². The summed E-state index contributed by atoms with van der Waals surface area (Å²) in [5.74, 6) is -0.308. The molecule has 2 fully saturated rings. The molecule has 0 bridgehead atoms. The average molecular weight is 417 g/mol. The summed E-state index contributed by atoms with van der Waals surface area (Å²) >= 11 is 0. The van der Waals surface area contributed by atoms with Gasteiger partial charge in [0.2, 0.25) is 5.91 Å². The number of carbonyl (C=O) groups is 1. The second kappa shape index (κ2) is 7.54. The molecular weight excluding hydrogens is 391 g/mol. The molecule has 154 valence electrons. The molecule has 7 heteroatoms. The van der Waals surface area contributed by atoms with E-state index in [1.807, 2.05) is 36.9 Å². The molecule has 2 aromatic carbocycles. The predicted octanol–water partition coefficient (Wildman–Crippen LogP) is 2.50. The van der Waals surface area contributed by atoms with Crippen LogP contribution in [0.25, 0.3) is 0 Å². The maximum Gasteiger partial charge on any atom is 0.241 e. The first-order valence-electron chi connectivity index (χ1n) is 9.82. The third-order valence-corrected chi connectivity index (χ3v) is 7.77. The molecule has 2 saturated heterocycles. The fourth-order valence-corrected chi connectivity index (χ4v) is 6.32. The van der Waals surface area contributed by atoms with Crippen LogP contribution in [0.5, 0.6) is 0 Å². The normalized spacial score (nSPS) is 24.0. The molecule has 1 amide bonds. The van der Waals surface area contributed by atoms with Gasteiger partial charge < -0.3 is 4.90 Å². The fraction of sp³-hybridized carbons (Fsp3) is 0.409. The molecule has 0 spiro atoms. The molecule has 2 aliphatic rings. The number of hydrogen-bond acceptors (Lipinski definition) is 4. The van der Waals surface area contributed by atoms with Gasteiger partial charge in [-0.15, -0.1) is 0 Å². The number of sulfone groups is 1. The van der Waals surface area contributed by atoms with Crippen molar-refractivity contribution < 1.29 is 17.6 Å². The highest BCUT2D eigenvalue weighted by atomic mass is 32.2. The number of piperazine rings is 1. The van der Waals surface area contributed by atoms with Crippen LogP contribution in [0.15, 0.2) is 42.5 Å². The van der Waals surface area contributed by atoms with E-state index in [4.69, 9.17) is 0 Å². The molecule has 0 aliphatic carbocycles. The molecule has 2 aromatic rings. The smallest absolute Gasteiger partial charge is 0.241 e. The van der Waals surface area contributed by atoms with Crippen LogP contribution in [0.4, 0.5) is 10.1 Å². The Morgan fingerprint density at radius 3 is 2.38 bits per heavy atom. The van der Waals surface area contributed by atoms with E-state index < -0.39 is 9.84 Å². The van der Waals surface area contributed by atoms with E-state index in [9.17, 15) is 17.6 Å². The number of halogens is 1. The Bertz CT molecular complexity index is 1040. The largest absolute Gasteiger partial charge is 0.306 e. The van der Waals surface area contributed by atoms with Gasteiger partial charge in [-0.2, -0.15) is 0 Å². The van der Waals surface area contributed by atoms with Gasteiger partial charge in [0.25, 0.3) is 0 Å². The lowest BCUT2D eigenvalue weighted by Crippen LogP contribution is -2.62. The summed E-state index contributed by atoms with van der Waals surface area (Å²) < 4.78 is 38.0. The second-order valence-electron chi connectivity index (χ2n) is 8.09. The molecule has 0 N–H and O–H groups in total. The van der Waals surface area contributed by atoms with Crippen LogP contribution in [0.1, 0.15) is 16.7 Å². The van der Waals surface area contributed by atoms with Crippen molar-refractivity contribution in [2.45, 2.75) is 32.4 Å². The quantitative estimate of drug-likeness (QED) is 0.769. The van der Waals surface area contributed by atoms with Crippen molar-refractivity contribution in [2.24, 2.45) is 0 Å². The summed E-state index contributed by atoms with van der Waals surface area (Å²) in [6.07, 6.45) is 0.639. The molecule has 0 saturated carbocycles. The van der Waals surface area contributed by atoms with Crippen molar-refractivity contribution >= 4 is 21.4 Å². The van der Waals surface area contributed by atoms with Crippen molar-refractivity contribution in [2.75, 3.05) is 29.5 Å². The zero-order valence-corrected chi connectivity index (χ0v) is 17.5. The summed E-state index contributed by atoms with van der Waals surface area (Å²) in [7, 11) is -3.22. The molecule has 5 nitrogen and oxygen atoms in total. The summed E-state index contributed by atoms with van der Waals surface area (Å²) in [5.41, 5.74) is 3.94. The molecule has 29 heavy (non-hydrogen) atoms. The van der Waals surface area contributed by atoms with Crippen molar-refractivity contribution in [3.8, 4) is 0 Å². The predicted molar refractivity (Wildman–Crippen MR) is 111 cm³/mol. The zero-order chi connectivity index (χ0) is 20.8. The Morgan fingerprint density at radius 2 is 1.69 bits per heavy atom. The zero-order valence-electron chi connectivity index (χ0n) is 16.6. The van der Waals surface area contributed by atoms with Crippen LogP contribution in [-0.4, -0.2) is 55.9 Å². The Labute approximate surface area is 171 Å². The first-order valence-corrected chi connectivity index (χ1v) is 11.6. The maximum atomic E-state index is 13.1. The van der Waals surface area contributed by atoms with Crippen LogP contribution in [-0.2, 0) is 21.1 Å². The van der Waals surface area contributed by atoms with Gasteiger partial charge >= 0.3 is 0 Å². The van der Waals surface area contributed by atoms with Gasteiger partial charge in [0.1, 0.15) is 5.82 Å². The number of amides is 1. The monoisotopic (exact) mass is 416 g/mol. The minimum Gasteiger partial charge on any atom is -0.306 e. The van der Waals surface area contributed by atoms with Crippen molar-refractivity contribution in [3.05, 3.63) is 65.0 Å². The number of fused-ring (bicyclic) bond motifs is 1. The lowest BCUT2D eigenvalue weighted by molar-refractivity contribution is -0.123. The highest BCUT2D eigenvalue weighted by Gasteiger charge is 2.49. The summed E-state index contributed by atoms with van der Waals surface area (Å²) in [6, 6.07) is 11.5. The molecular formula is C22H25FN2O3S. The molecule has 2 aliphatic heterocycles. The summed E-state index contributed by atoms with van der Waals surface area (Å²) in [5, 5.41) is 0. The van der Waals surface area contributed by atoms with E-state index in [0.717, 1.165) is 22.4 Å². The first kappa shape index (κ1) is 20.0. The Kier molecular flexibility index (Phi) is 5.21. The number of aryl methyl sites for hydroxylation is 2. The van der Waals surface area contributed by atoms with Gasteiger partial charge in [-0.1, -0.05) is 18.2 Å². The lowest BCUT2D eigenvalue weighted by atomic mass is 10.0. The molecule has 0 unspecified atom stereocenters. The van der Waals surface area contributed by atoms with Gasteiger partial charge in [0.15, 0.2) is 9.84 Å². The highest BCUT2D eigenvalue weighted by molar-refractivity contribution is 7.91. The van der Waals surface area contributed by atoms with E-state index in [1.54, 1.807) is 17.0 Å². The van der Waals surface area contributed by atoms with Crippen LogP contribution < -0.4 is 4.90 Å². The number of carbonyl (C=O) groups excluding carboxylic acids is 1. The summed E-state index contributed by atoms with van der Waals surface area (Å²) in [6.45, 7) is 4.75. The van der Waals surface area contributed by atoms with Crippen LogP contribution in [0, 0.1) is 19.7 Å². The summed E-state index contributed by atoms with van der Waals surface area (Å²) in [4.78, 5) is 16.7. The lowest BCUT2D eigenvalue weighted by Gasteiger charge is -2.43. The van der Waals surface area contributed by atoms with E-state index in [-0.39, 0.29) is 41.9 Å². The Morgan fingerprint density at radius 1 is 1.00 bits per heavy atom. The third kappa shape index (κ3) is 4.07. The van der Waals surface area contributed by atoms with Gasteiger partial charge in [-0.25, -0.2) is 12.8 Å². The van der Waals surface area contributed by atoms with Crippen LogP contribution >= 0.6 is 0 Å². The van der Waals surface area contributed by atoms with Crippen molar-refractivity contribution in [1.29, 1.82) is 0 Å². The minimum atomic E-state index is -3.22. The standard InChI is InChI=1S/C22H25FN2O3S/c1-15-3-8-19(11-16(15)2)25-21-14-29(27,28)13-20(21)24(12-22(25)26)10-9-17-4-6-18(23)7-5-17/h3-8,11,20-21H,9-10,12-14H2,1-2H3/t20-,21+/m0/s1. The minimum absolute atomic E-state index is 0.0105. The number of anilines is 1. The molecule has 0 aromatic heterocycles. The number of nitrogens with zero attached hydrogens (tertiary/aromatic N) is 2. The van der Waals surface area contributed by atoms with Crippen LogP contribution in [0.3, 0.4) is 0 Å². The van der Waals surface area contributed by atoms with Crippen molar-refractivity contribution in [1.82, 2.24) is 4.90 Å². The van der Waals surface area contributed by atoms with Gasteiger partial charge in [0.05, 0.1) is 24.1 Å². The first-order chi connectivity index (χ1) is 13.7. The van der Waals surface area contributed by atoms with Gasteiger partial charge in [-0.3, -0.25) is 9.69 Å².